The van der Waals surface area contributed by atoms with E-state index in [0.717, 1.165) is 0 Å². The van der Waals surface area contributed by atoms with E-state index in [-0.39, 0.29) is 17.9 Å². The Labute approximate surface area is 184 Å². The third kappa shape index (κ3) is 5.92. The van der Waals surface area contributed by atoms with Gasteiger partial charge in [-0.1, -0.05) is 12.1 Å². The van der Waals surface area contributed by atoms with Crippen molar-refractivity contribution >= 4 is 46.3 Å². The Morgan fingerprint density at radius 1 is 1.37 bits per heavy atom. The monoisotopic (exact) mass is 522 g/mol. The van der Waals surface area contributed by atoms with Gasteiger partial charge in [0.1, 0.15) is 18.2 Å². The van der Waals surface area contributed by atoms with Gasteiger partial charge in [-0.05, 0) is 51.9 Å². The van der Waals surface area contributed by atoms with Crippen molar-refractivity contribution in [1.82, 2.24) is 5.32 Å². The standard InChI is InChI=1S/C19H15IN4O6/c1-29-16-8-12(5-13(9-21)18(25)23-19(22)26)7-15(20)17(16)30-10-11-3-2-4-14(6-11)24(27)28/h2-8H,10H2,1H3,(H3,22,23,25,26)/b13-5-. The molecule has 0 aliphatic rings. The molecular formula is C19H15IN4O6. The van der Waals surface area contributed by atoms with Crippen LogP contribution in [0.25, 0.3) is 6.08 Å². The van der Waals surface area contributed by atoms with E-state index in [4.69, 9.17) is 20.5 Å². The summed E-state index contributed by atoms with van der Waals surface area (Å²) in [6.45, 7) is 0.0632. The molecule has 0 saturated carbocycles. The average Bonchev–Trinajstić information content (AvgIpc) is 2.70. The van der Waals surface area contributed by atoms with Crippen LogP contribution in [-0.4, -0.2) is 24.0 Å². The molecule has 30 heavy (non-hydrogen) atoms. The molecule has 2 aromatic carbocycles. The number of rotatable bonds is 7. The van der Waals surface area contributed by atoms with Crippen LogP contribution in [0.5, 0.6) is 11.5 Å². The van der Waals surface area contributed by atoms with Gasteiger partial charge < -0.3 is 15.2 Å². The first-order valence-corrected chi connectivity index (χ1v) is 9.29. The lowest BCUT2D eigenvalue weighted by Crippen LogP contribution is -2.35. The minimum absolute atomic E-state index is 0.0449. The van der Waals surface area contributed by atoms with Crippen LogP contribution >= 0.6 is 22.6 Å². The third-order valence-electron chi connectivity index (χ3n) is 3.67. The molecule has 0 aliphatic heterocycles. The Morgan fingerprint density at radius 3 is 2.70 bits per heavy atom. The number of nitro groups is 1. The summed E-state index contributed by atoms with van der Waals surface area (Å²) >= 11 is 1.99. The molecule has 10 nitrogen and oxygen atoms in total. The van der Waals surface area contributed by atoms with Crippen LogP contribution in [-0.2, 0) is 11.4 Å². The molecule has 0 aliphatic carbocycles. The second-order valence-corrected chi connectivity index (χ2v) is 6.90. The fourth-order valence-corrected chi connectivity index (χ4v) is 3.15. The normalized spacial score (nSPS) is 10.6. The SMILES string of the molecule is COc1cc(/C=C(/C#N)C(=O)NC(N)=O)cc(I)c1OCc1cccc([N+](=O)[O-])c1. The number of hydrogen-bond acceptors (Lipinski definition) is 7. The molecule has 0 unspecified atom stereocenters. The molecule has 0 radical (unpaired) electrons. The number of nitriles is 1. The highest BCUT2D eigenvalue weighted by Crippen LogP contribution is 2.35. The number of ether oxygens (including phenoxy) is 2. The smallest absolute Gasteiger partial charge is 0.319 e. The fraction of sp³-hybridized carbons (Fsp3) is 0.105. The largest absolute Gasteiger partial charge is 0.493 e. The number of amides is 3. The second-order valence-electron chi connectivity index (χ2n) is 5.74. The van der Waals surface area contributed by atoms with Gasteiger partial charge in [0.2, 0.25) is 0 Å². The van der Waals surface area contributed by atoms with E-state index in [0.29, 0.717) is 26.2 Å². The van der Waals surface area contributed by atoms with Gasteiger partial charge in [0.05, 0.1) is 15.6 Å². The molecule has 11 heteroatoms. The predicted octanol–water partition coefficient (Wildman–Crippen LogP) is 2.89. The molecule has 0 bridgehead atoms. The van der Waals surface area contributed by atoms with Gasteiger partial charge in [0, 0.05) is 12.1 Å². The molecule has 154 valence electrons. The van der Waals surface area contributed by atoms with Crippen LogP contribution in [0.4, 0.5) is 10.5 Å². The second kappa shape index (κ2) is 10.2. The number of hydrogen-bond donors (Lipinski definition) is 2. The zero-order chi connectivity index (χ0) is 22.3. The molecular weight excluding hydrogens is 507 g/mol. The van der Waals surface area contributed by atoms with Crippen LogP contribution in [0.2, 0.25) is 0 Å². The van der Waals surface area contributed by atoms with Gasteiger partial charge in [-0.25, -0.2) is 4.79 Å². The minimum atomic E-state index is -1.07. The highest BCUT2D eigenvalue weighted by molar-refractivity contribution is 14.1. The zero-order valence-corrected chi connectivity index (χ0v) is 17.7. The van der Waals surface area contributed by atoms with Crippen molar-refractivity contribution in [2.45, 2.75) is 6.61 Å². The van der Waals surface area contributed by atoms with Crippen LogP contribution < -0.4 is 20.5 Å². The summed E-state index contributed by atoms with van der Waals surface area (Å²) in [5.74, 6) is -0.210. The number of nitrogens with one attached hydrogen (secondary N) is 1. The van der Waals surface area contributed by atoms with Crippen molar-refractivity contribution in [2.24, 2.45) is 5.73 Å². The van der Waals surface area contributed by atoms with Crippen molar-refractivity contribution < 1.29 is 24.0 Å². The van der Waals surface area contributed by atoms with Gasteiger partial charge in [-0.3, -0.25) is 20.2 Å². The van der Waals surface area contributed by atoms with Gasteiger partial charge in [-0.2, -0.15) is 5.26 Å². The topological polar surface area (TPSA) is 158 Å². The Morgan fingerprint density at radius 2 is 2.10 bits per heavy atom. The molecule has 0 heterocycles. The van der Waals surface area contributed by atoms with Crippen LogP contribution in [0.1, 0.15) is 11.1 Å². The van der Waals surface area contributed by atoms with Crippen molar-refractivity contribution in [3.63, 3.8) is 0 Å². The molecule has 2 rings (SSSR count). The number of carbonyl (C=O) groups excluding carboxylic acids is 2. The van der Waals surface area contributed by atoms with Crippen molar-refractivity contribution in [3.05, 3.63) is 66.8 Å². The Hall–Kier alpha value is -3.66. The van der Waals surface area contributed by atoms with Crippen LogP contribution in [0, 0.1) is 25.0 Å². The number of nitro benzene ring substituents is 1. The number of urea groups is 1. The number of imide groups is 1. The first-order chi connectivity index (χ1) is 14.2. The van der Waals surface area contributed by atoms with E-state index in [2.05, 4.69) is 0 Å². The molecule has 0 saturated heterocycles. The first-order valence-electron chi connectivity index (χ1n) is 8.21. The summed E-state index contributed by atoms with van der Waals surface area (Å²) in [4.78, 5) is 33.0. The van der Waals surface area contributed by atoms with Gasteiger partial charge >= 0.3 is 6.03 Å². The molecule has 0 aromatic heterocycles. The summed E-state index contributed by atoms with van der Waals surface area (Å²) in [7, 11) is 1.42. The van der Waals surface area contributed by atoms with Crippen LogP contribution in [0.15, 0.2) is 42.0 Å². The predicted molar refractivity (Wildman–Crippen MR) is 114 cm³/mol. The van der Waals surface area contributed by atoms with E-state index in [9.17, 15) is 19.7 Å². The van der Waals surface area contributed by atoms with E-state index < -0.39 is 16.9 Å². The van der Waals surface area contributed by atoms with Crippen molar-refractivity contribution in [1.29, 1.82) is 5.26 Å². The van der Waals surface area contributed by atoms with E-state index in [1.807, 2.05) is 27.9 Å². The molecule has 0 spiro atoms. The Bertz CT molecular complexity index is 1080. The van der Waals surface area contributed by atoms with E-state index in [1.165, 1.54) is 25.3 Å². The van der Waals surface area contributed by atoms with Gasteiger partial charge in [-0.15, -0.1) is 0 Å². The summed E-state index contributed by atoms with van der Waals surface area (Å²) in [6.07, 6.45) is 1.27. The number of primary amides is 1. The molecule has 0 fully saturated rings. The number of halogens is 1. The molecule has 3 N–H and O–H groups in total. The lowest BCUT2D eigenvalue weighted by molar-refractivity contribution is -0.384. The quantitative estimate of drug-likeness (QED) is 0.186. The van der Waals surface area contributed by atoms with Crippen molar-refractivity contribution in [3.8, 4) is 17.6 Å². The molecule has 0 atom stereocenters. The van der Waals surface area contributed by atoms with Crippen molar-refractivity contribution in [2.75, 3.05) is 7.11 Å². The number of benzene rings is 2. The summed E-state index contributed by atoms with van der Waals surface area (Å²) < 4.78 is 11.7. The van der Waals surface area contributed by atoms with Gasteiger partial charge in [0.25, 0.3) is 11.6 Å². The molecule has 3 amide bonds. The summed E-state index contributed by atoms with van der Waals surface area (Å²) in [6, 6.07) is 9.86. The minimum Gasteiger partial charge on any atom is -0.493 e. The summed E-state index contributed by atoms with van der Waals surface area (Å²) in [5, 5.41) is 21.9. The fourth-order valence-electron chi connectivity index (χ4n) is 2.37. The highest BCUT2D eigenvalue weighted by Gasteiger charge is 2.15. The average molecular weight is 522 g/mol. The number of methoxy groups -OCH3 is 1. The zero-order valence-electron chi connectivity index (χ0n) is 15.5. The third-order valence-corrected chi connectivity index (χ3v) is 4.47. The lowest BCUT2D eigenvalue weighted by atomic mass is 10.1. The first kappa shape index (κ1) is 22.6. The van der Waals surface area contributed by atoms with E-state index >= 15 is 0 Å². The number of carbonyl (C=O) groups is 2. The Balaban J connectivity index is 2.29. The maximum Gasteiger partial charge on any atom is 0.319 e. The molecule has 2 aromatic rings. The maximum absolute atomic E-state index is 11.8. The van der Waals surface area contributed by atoms with Crippen LogP contribution in [0.3, 0.4) is 0 Å². The highest BCUT2D eigenvalue weighted by atomic mass is 127. The number of non-ortho nitro benzene ring substituents is 1. The van der Waals surface area contributed by atoms with E-state index in [1.54, 1.807) is 30.3 Å². The number of nitrogens with zero attached hydrogens (tertiary/aromatic N) is 2. The lowest BCUT2D eigenvalue weighted by Gasteiger charge is -2.14. The summed E-state index contributed by atoms with van der Waals surface area (Å²) in [5.41, 5.74) is 5.58. The Kier molecular flexibility index (Phi) is 7.70. The van der Waals surface area contributed by atoms with Gasteiger partial charge in [0.15, 0.2) is 11.5 Å². The maximum atomic E-state index is 11.8. The number of nitrogens with two attached hydrogens (primary N) is 1.